The van der Waals surface area contributed by atoms with Crippen molar-refractivity contribution >= 4 is 35.8 Å². The number of aliphatic hydroxyl groups excluding tert-OH is 1. The van der Waals surface area contributed by atoms with E-state index in [0.29, 0.717) is 6.42 Å². The van der Waals surface area contributed by atoms with E-state index in [1.54, 1.807) is 0 Å². The highest BCUT2D eigenvalue weighted by molar-refractivity contribution is 7.74. The summed E-state index contributed by atoms with van der Waals surface area (Å²) in [5.41, 5.74) is 5.21. The van der Waals surface area contributed by atoms with Crippen LogP contribution in [-0.4, -0.2) is 46.3 Å². The Morgan fingerprint density at radius 1 is 1.21 bits per heavy atom. The first kappa shape index (κ1) is 25.8. The van der Waals surface area contributed by atoms with Crippen LogP contribution in [0.4, 0.5) is 24.5 Å². The minimum absolute atomic E-state index is 0.0237. The van der Waals surface area contributed by atoms with E-state index in [0.717, 1.165) is 37.1 Å². The van der Waals surface area contributed by atoms with Crippen LogP contribution in [0.1, 0.15) is 24.8 Å². The first-order chi connectivity index (χ1) is 16.0. The number of quaternary nitrogens is 1. The topological polar surface area (TPSA) is 131 Å². The fourth-order valence-corrected chi connectivity index (χ4v) is 4.58. The third kappa shape index (κ3) is 5.30. The average Bonchev–Trinajstić information content (AvgIpc) is 3.24. The van der Waals surface area contributed by atoms with Gasteiger partial charge in [-0.2, -0.15) is 10.6 Å². The van der Waals surface area contributed by atoms with Gasteiger partial charge in [-0.25, -0.2) is 13.2 Å². The number of halogens is 3. The molecule has 0 bridgehead atoms. The van der Waals surface area contributed by atoms with E-state index in [4.69, 9.17) is 11.1 Å². The molecule has 0 spiro atoms. The van der Waals surface area contributed by atoms with Crippen LogP contribution in [0.15, 0.2) is 24.3 Å². The van der Waals surface area contributed by atoms with E-state index < -0.39 is 50.0 Å². The number of hydrogen-bond donors (Lipinski definition) is 7. The normalized spacial score (nSPS) is 19.5. The lowest BCUT2D eigenvalue weighted by molar-refractivity contribution is -0.974. The predicted octanol–water partition coefficient (Wildman–Crippen LogP) is 3.25. The molecule has 184 valence electrons. The Labute approximate surface area is 200 Å². The van der Waals surface area contributed by atoms with Gasteiger partial charge < -0.3 is 16.2 Å². The van der Waals surface area contributed by atoms with Gasteiger partial charge in [0.1, 0.15) is 36.6 Å². The van der Waals surface area contributed by atoms with Gasteiger partial charge in [0.05, 0.1) is 11.3 Å². The van der Waals surface area contributed by atoms with Crippen molar-refractivity contribution in [2.24, 2.45) is 11.8 Å². The van der Waals surface area contributed by atoms with Crippen LogP contribution < -0.4 is 16.5 Å². The maximum absolute atomic E-state index is 15.3. The molecular formula is C22H27F3N5O3S+. The SMILES string of the molecule is CNC(=O)C(=N)c1ccc(-c2c(F)ccc(N[N+](O)(S)CC3CCC(CO)C3)c2F)c(F)c1N. The third-order valence-electron chi connectivity index (χ3n) is 5.98. The summed E-state index contributed by atoms with van der Waals surface area (Å²) >= 11 is 4.13. The Morgan fingerprint density at radius 3 is 2.50 bits per heavy atom. The molecule has 0 aromatic heterocycles. The van der Waals surface area contributed by atoms with Gasteiger partial charge in [0.2, 0.25) is 0 Å². The molecule has 7 N–H and O–H groups in total. The molecule has 34 heavy (non-hydrogen) atoms. The highest BCUT2D eigenvalue weighted by Crippen LogP contribution is 2.37. The Morgan fingerprint density at radius 2 is 1.88 bits per heavy atom. The Hall–Kier alpha value is -2.80. The molecule has 0 aliphatic heterocycles. The quantitative estimate of drug-likeness (QED) is 0.0987. The van der Waals surface area contributed by atoms with Gasteiger partial charge in [0.15, 0.2) is 11.6 Å². The lowest BCUT2D eigenvalue weighted by Gasteiger charge is -2.26. The number of nitrogens with one attached hydrogen (secondary N) is 3. The van der Waals surface area contributed by atoms with Gasteiger partial charge in [0.25, 0.3) is 5.91 Å². The summed E-state index contributed by atoms with van der Waals surface area (Å²) < 4.78 is 43.9. The first-order valence-electron chi connectivity index (χ1n) is 10.6. The molecule has 3 rings (SSSR count). The molecule has 1 fully saturated rings. The molecule has 12 heteroatoms. The van der Waals surface area contributed by atoms with E-state index in [1.165, 1.54) is 7.05 Å². The summed E-state index contributed by atoms with van der Waals surface area (Å²) in [4.78, 5) is 11.7. The van der Waals surface area contributed by atoms with E-state index in [-0.39, 0.29) is 36.2 Å². The van der Waals surface area contributed by atoms with Crippen molar-refractivity contribution in [3.05, 3.63) is 47.3 Å². The van der Waals surface area contributed by atoms with Gasteiger partial charge in [-0.3, -0.25) is 10.2 Å². The second-order valence-corrected chi connectivity index (χ2v) is 9.04. The number of hydrogen-bond acceptors (Lipinski definition) is 7. The Balaban J connectivity index is 1.92. The minimum Gasteiger partial charge on any atom is -0.396 e. The van der Waals surface area contributed by atoms with Gasteiger partial charge in [-0.1, -0.05) is 6.07 Å². The lowest BCUT2D eigenvalue weighted by Crippen LogP contribution is -2.44. The highest BCUT2D eigenvalue weighted by Gasteiger charge is 2.34. The number of nitrogens with zero attached hydrogens (tertiary/aromatic N) is 1. The van der Waals surface area contributed by atoms with Crippen LogP contribution in [0.2, 0.25) is 0 Å². The molecular weight excluding hydrogens is 471 g/mol. The summed E-state index contributed by atoms with van der Waals surface area (Å²) in [6.07, 6.45) is 2.24. The largest absolute Gasteiger partial charge is 0.396 e. The number of likely N-dealkylation sites (N-methyl/N-ethyl adjacent to an activating group) is 1. The van der Waals surface area contributed by atoms with E-state index >= 15 is 8.78 Å². The van der Waals surface area contributed by atoms with Crippen LogP contribution >= 0.6 is 12.8 Å². The van der Waals surface area contributed by atoms with Gasteiger partial charge in [-0.15, -0.1) is 0 Å². The number of carbonyl (C=O) groups is 1. The number of anilines is 2. The number of hydroxylamine groups is 1. The molecule has 1 aliphatic carbocycles. The molecule has 0 radical (unpaired) electrons. The number of nitrogen functional groups attached to an aromatic ring is 1. The number of amides is 1. The maximum atomic E-state index is 15.3. The fraction of sp³-hybridized carbons (Fsp3) is 0.364. The number of benzene rings is 2. The number of thiol groups is 1. The summed E-state index contributed by atoms with van der Waals surface area (Å²) in [5, 5.41) is 29.9. The molecule has 1 amide bonds. The minimum atomic E-state index is -1.20. The van der Waals surface area contributed by atoms with Crippen molar-refractivity contribution < 1.29 is 32.4 Å². The molecule has 2 aromatic rings. The van der Waals surface area contributed by atoms with Crippen LogP contribution in [0, 0.1) is 34.7 Å². The van der Waals surface area contributed by atoms with Crippen molar-refractivity contribution in [1.29, 1.82) is 5.41 Å². The Kier molecular flexibility index (Phi) is 7.76. The second kappa shape index (κ2) is 10.2. The van der Waals surface area contributed by atoms with E-state index in [9.17, 15) is 19.5 Å². The summed E-state index contributed by atoms with van der Waals surface area (Å²) in [5.74, 6) is -4.10. The molecule has 3 unspecified atom stereocenters. The zero-order chi connectivity index (χ0) is 25.2. The predicted molar refractivity (Wildman–Crippen MR) is 124 cm³/mol. The fourth-order valence-electron chi connectivity index (χ4n) is 4.25. The molecule has 1 saturated carbocycles. The van der Waals surface area contributed by atoms with Crippen molar-refractivity contribution in [1.82, 2.24) is 5.32 Å². The number of carbonyl (C=O) groups excluding carboxylic acids is 1. The molecule has 0 heterocycles. The molecule has 2 aromatic carbocycles. The molecule has 1 aliphatic rings. The highest BCUT2D eigenvalue weighted by atomic mass is 32.1. The molecule has 0 saturated heterocycles. The van der Waals surface area contributed by atoms with Crippen LogP contribution in [0.3, 0.4) is 0 Å². The molecule has 8 nitrogen and oxygen atoms in total. The van der Waals surface area contributed by atoms with Gasteiger partial charge in [-0.05, 0) is 47.5 Å². The van der Waals surface area contributed by atoms with E-state index in [1.807, 2.05) is 0 Å². The van der Waals surface area contributed by atoms with Crippen molar-refractivity contribution in [3.63, 3.8) is 0 Å². The summed E-state index contributed by atoms with van der Waals surface area (Å²) in [6, 6.07) is 4.11. The average molecular weight is 499 g/mol. The van der Waals surface area contributed by atoms with Gasteiger partial charge >= 0.3 is 0 Å². The summed E-state index contributed by atoms with van der Waals surface area (Å²) in [7, 11) is 1.29. The standard InChI is InChI=1S/C22H26F3N5O3S/c1-28-22(32)21(27)14-5-4-13(18(24)20(14)26)17-15(23)6-7-16(19(17)25)29-30(33,34)9-11-2-3-12(8-11)10-31/h4-7,11-12,29,31,33-34H,2-3,8-10H2,1H3,(H3-,26,27,28,32)/p+1. The van der Waals surface area contributed by atoms with Gasteiger partial charge in [0, 0.05) is 30.7 Å². The smallest absolute Gasteiger partial charge is 0.269 e. The number of aliphatic hydroxyl groups is 1. The summed E-state index contributed by atoms with van der Waals surface area (Å²) in [6.45, 7) is 0.136. The van der Waals surface area contributed by atoms with E-state index in [2.05, 4.69) is 23.6 Å². The Bertz CT molecular complexity index is 1120. The second-order valence-electron chi connectivity index (χ2n) is 8.38. The van der Waals surface area contributed by atoms with Crippen LogP contribution in [0.25, 0.3) is 11.1 Å². The van der Waals surface area contributed by atoms with Crippen LogP contribution in [0.5, 0.6) is 0 Å². The maximum Gasteiger partial charge on any atom is 0.269 e. The van der Waals surface area contributed by atoms with Crippen LogP contribution in [-0.2, 0) is 4.79 Å². The zero-order valence-electron chi connectivity index (χ0n) is 18.4. The monoisotopic (exact) mass is 498 g/mol. The number of rotatable bonds is 8. The number of nitrogens with two attached hydrogens (primary N) is 1. The first-order valence-corrected chi connectivity index (χ1v) is 11.0. The zero-order valence-corrected chi connectivity index (χ0v) is 19.3. The van der Waals surface area contributed by atoms with Crippen molar-refractivity contribution in [3.8, 4) is 11.1 Å². The third-order valence-corrected chi connectivity index (χ3v) is 6.25. The van der Waals surface area contributed by atoms with Crippen molar-refractivity contribution in [2.75, 3.05) is 31.4 Å². The lowest BCUT2D eigenvalue weighted by atomic mass is 9.97. The van der Waals surface area contributed by atoms with Crippen molar-refractivity contribution in [2.45, 2.75) is 19.3 Å². The molecule has 3 atom stereocenters.